The first-order valence-corrected chi connectivity index (χ1v) is 6.02. The number of rotatable bonds is 1. The van der Waals surface area contributed by atoms with Crippen LogP contribution in [0.3, 0.4) is 0 Å². The van der Waals surface area contributed by atoms with E-state index < -0.39 is 0 Å². The van der Waals surface area contributed by atoms with E-state index in [0.717, 1.165) is 4.88 Å². The van der Waals surface area contributed by atoms with Gasteiger partial charge in [0, 0.05) is 16.5 Å². The van der Waals surface area contributed by atoms with Crippen LogP contribution in [-0.4, -0.2) is 11.9 Å². The summed E-state index contributed by atoms with van der Waals surface area (Å²) in [6, 6.07) is 10.2. The van der Waals surface area contributed by atoms with Crippen LogP contribution in [0.25, 0.3) is 16.2 Å². The fourth-order valence-electron chi connectivity index (χ4n) is 1.72. The van der Waals surface area contributed by atoms with Gasteiger partial charge in [0.05, 0.1) is 0 Å². The third kappa shape index (κ3) is 1.87. The average molecular weight is 243 g/mol. The standard InChI is InChI=1S/C13H9NO2S/c1-8-14-11(13(15)16-8)7-10-6-9-4-2-3-5-12(9)17-10/h2-7H,1H3. The summed E-state index contributed by atoms with van der Waals surface area (Å²) in [5.41, 5.74) is 0.369. The molecule has 0 atom stereocenters. The lowest BCUT2D eigenvalue weighted by Crippen LogP contribution is -1.99. The Morgan fingerprint density at radius 2 is 2.18 bits per heavy atom. The zero-order valence-corrected chi connectivity index (χ0v) is 9.95. The van der Waals surface area contributed by atoms with E-state index in [0.29, 0.717) is 11.6 Å². The lowest BCUT2D eigenvalue weighted by Gasteiger charge is -1.88. The monoisotopic (exact) mass is 243 g/mol. The lowest BCUT2D eigenvalue weighted by atomic mass is 10.2. The highest BCUT2D eigenvalue weighted by molar-refractivity contribution is 7.19. The maximum absolute atomic E-state index is 11.4. The number of cyclic esters (lactones) is 1. The van der Waals surface area contributed by atoms with Crippen LogP contribution in [0.5, 0.6) is 0 Å². The van der Waals surface area contributed by atoms with Gasteiger partial charge in [-0.25, -0.2) is 9.79 Å². The van der Waals surface area contributed by atoms with Crippen LogP contribution >= 0.6 is 11.3 Å². The molecule has 0 amide bonds. The van der Waals surface area contributed by atoms with Crippen molar-refractivity contribution in [1.29, 1.82) is 0 Å². The number of aliphatic imine (C=N–C) groups is 1. The molecule has 0 radical (unpaired) electrons. The molecule has 0 fully saturated rings. The van der Waals surface area contributed by atoms with Crippen molar-refractivity contribution in [3.8, 4) is 0 Å². The van der Waals surface area contributed by atoms with Crippen molar-refractivity contribution in [2.45, 2.75) is 6.92 Å². The smallest absolute Gasteiger partial charge is 0.363 e. The van der Waals surface area contributed by atoms with Gasteiger partial charge < -0.3 is 4.74 Å². The Morgan fingerprint density at radius 1 is 1.35 bits per heavy atom. The van der Waals surface area contributed by atoms with E-state index in [2.05, 4.69) is 17.1 Å². The summed E-state index contributed by atoms with van der Waals surface area (Å²) >= 11 is 1.63. The summed E-state index contributed by atoms with van der Waals surface area (Å²) < 4.78 is 6.07. The number of fused-ring (bicyclic) bond motifs is 1. The molecule has 2 heterocycles. The fourth-order valence-corrected chi connectivity index (χ4v) is 2.73. The SMILES string of the molecule is CC1=NC(=Cc2cc3ccccc3s2)C(=O)O1. The van der Waals surface area contributed by atoms with Crippen molar-refractivity contribution in [2.24, 2.45) is 4.99 Å². The highest BCUT2D eigenvalue weighted by Gasteiger charge is 2.19. The highest BCUT2D eigenvalue weighted by atomic mass is 32.1. The van der Waals surface area contributed by atoms with Gasteiger partial charge in [0.1, 0.15) is 0 Å². The molecule has 84 valence electrons. The van der Waals surface area contributed by atoms with Crippen LogP contribution in [0, 0.1) is 0 Å². The molecule has 0 N–H and O–H groups in total. The van der Waals surface area contributed by atoms with Gasteiger partial charge in [-0.1, -0.05) is 18.2 Å². The maximum Gasteiger partial charge on any atom is 0.363 e. The number of carbonyl (C=O) groups is 1. The number of nitrogens with zero attached hydrogens (tertiary/aromatic N) is 1. The molecule has 0 spiro atoms. The molecule has 3 nitrogen and oxygen atoms in total. The molecule has 4 heteroatoms. The third-order valence-electron chi connectivity index (χ3n) is 2.45. The predicted molar refractivity (Wildman–Crippen MR) is 69.0 cm³/mol. The van der Waals surface area contributed by atoms with Crippen molar-refractivity contribution in [1.82, 2.24) is 0 Å². The predicted octanol–water partition coefficient (Wildman–Crippen LogP) is 3.22. The number of hydrogen-bond acceptors (Lipinski definition) is 4. The van der Waals surface area contributed by atoms with Gasteiger partial charge in [0.15, 0.2) is 11.6 Å². The molecule has 0 aliphatic carbocycles. The maximum atomic E-state index is 11.4. The topological polar surface area (TPSA) is 38.7 Å². The van der Waals surface area contributed by atoms with Gasteiger partial charge in [-0.05, 0) is 23.6 Å². The second-order valence-corrected chi connectivity index (χ2v) is 4.85. The van der Waals surface area contributed by atoms with Gasteiger partial charge in [0.25, 0.3) is 0 Å². The molecule has 17 heavy (non-hydrogen) atoms. The summed E-state index contributed by atoms with van der Waals surface area (Å²) in [7, 11) is 0. The molecule has 1 aromatic heterocycles. The van der Waals surface area contributed by atoms with Crippen LogP contribution < -0.4 is 0 Å². The van der Waals surface area contributed by atoms with Gasteiger partial charge in [0.2, 0.25) is 0 Å². The van der Waals surface area contributed by atoms with E-state index in [-0.39, 0.29) is 5.97 Å². The number of hydrogen-bond donors (Lipinski definition) is 0. The van der Waals surface area contributed by atoms with Gasteiger partial charge in [-0.2, -0.15) is 0 Å². The Kier molecular flexibility index (Phi) is 2.30. The van der Waals surface area contributed by atoms with E-state index in [1.807, 2.05) is 18.2 Å². The molecule has 2 aromatic rings. The number of carbonyl (C=O) groups excluding carboxylic acids is 1. The largest absolute Gasteiger partial charge is 0.407 e. The van der Waals surface area contributed by atoms with E-state index in [1.54, 1.807) is 24.3 Å². The van der Waals surface area contributed by atoms with Crippen LogP contribution in [0.1, 0.15) is 11.8 Å². The molecule has 1 aromatic carbocycles. The summed E-state index contributed by atoms with van der Waals surface area (Å²) in [6.07, 6.45) is 1.77. The normalized spacial score (nSPS) is 17.6. The quantitative estimate of drug-likeness (QED) is 0.569. The second kappa shape index (κ2) is 3.82. The summed E-state index contributed by atoms with van der Waals surface area (Å²) in [6.45, 7) is 1.67. The van der Waals surface area contributed by atoms with Gasteiger partial charge in [-0.3, -0.25) is 0 Å². The Hall–Kier alpha value is -1.94. The average Bonchev–Trinajstić information content (AvgIpc) is 2.82. The van der Waals surface area contributed by atoms with E-state index >= 15 is 0 Å². The Balaban J connectivity index is 2.05. The Morgan fingerprint density at radius 3 is 2.88 bits per heavy atom. The van der Waals surface area contributed by atoms with E-state index in [1.165, 1.54) is 10.1 Å². The van der Waals surface area contributed by atoms with Crippen molar-refractivity contribution < 1.29 is 9.53 Å². The first-order chi connectivity index (χ1) is 8.22. The van der Waals surface area contributed by atoms with E-state index in [9.17, 15) is 4.79 Å². The van der Waals surface area contributed by atoms with Crippen molar-refractivity contribution in [2.75, 3.05) is 0 Å². The molecular formula is C13H9NO2S. The molecule has 0 saturated carbocycles. The zero-order chi connectivity index (χ0) is 11.8. The molecule has 1 aliphatic rings. The Labute approximate surface area is 102 Å². The molecule has 3 rings (SSSR count). The minimum atomic E-state index is -0.375. The Bertz CT molecular complexity index is 634. The lowest BCUT2D eigenvalue weighted by molar-refractivity contribution is -0.130. The minimum absolute atomic E-state index is 0.369. The molecule has 1 aliphatic heterocycles. The molecule has 0 bridgehead atoms. The highest BCUT2D eigenvalue weighted by Crippen LogP contribution is 2.28. The van der Waals surface area contributed by atoms with Gasteiger partial charge >= 0.3 is 5.97 Å². The van der Waals surface area contributed by atoms with Crippen LogP contribution in [0.15, 0.2) is 41.0 Å². The van der Waals surface area contributed by atoms with Crippen LogP contribution in [0.4, 0.5) is 0 Å². The first-order valence-electron chi connectivity index (χ1n) is 5.20. The zero-order valence-electron chi connectivity index (χ0n) is 9.14. The molecule has 0 saturated heterocycles. The third-order valence-corrected chi connectivity index (χ3v) is 3.51. The first kappa shape index (κ1) is 10.2. The number of esters is 1. The second-order valence-electron chi connectivity index (χ2n) is 3.74. The fraction of sp³-hybridized carbons (Fsp3) is 0.0769. The summed E-state index contributed by atoms with van der Waals surface area (Å²) in [4.78, 5) is 16.5. The number of ether oxygens (including phenoxy) is 1. The summed E-state index contributed by atoms with van der Waals surface area (Å²) in [5, 5.41) is 1.18. The van der Waals surface area contributed by atoms with Crippen molar-refractivity contribution >= 4 is 39.4 Å². The van der Waals surface area contributed by atoms with Crippen LogP contribution in [-0.2, 0) is 9.53 Å². The van der Waals surface area contributed by atoms with E-state index in [4.69, 9.17) is 4.74 Å². The van der Waals surface area contributed by atoms with Gasteiger partial charge in [-0.15, -0.1) is 11.3 Å². The minimum Gasteiger partial charge on any atom is -0.407 e. The van der Waals surface area contributed by atoms with Crippen molar-refractivity contribution in [3.63, 3.8) is 0 Å². The van der Waals surface area contributed by atoms with Crippen molar-refractivity contribution in [3.05, 3.63) is 40.9 Å². The molecular weight excluding hydrogens is 234 g/mol. The summed E-state index contributed by atoms with van der Waals surface area (Å²) in [5.74, 6) is 0.0299. The molecule has 0 unspecified atom stereocenters. The number of thiophene rings is 1. The number of benzene rings is 1. The van der Waals surface area contributed by atoms with Crippen LogP contribution in [0.2, 0.25) is 0 Å².